The Balaban J connectivity index is 1.88. The molecule has 5 heteroatoms. The van der Waals surface area contributed by atoms with E-state index >= 15 is 0 Å². The number of rotatable bonds is 6. The topological polar surface area (TPSA) is 49.9 Å². The van der Waals surface area contributed by atoms with Crippen molar-refractivity contribution in [2.45, 2.75) is 39.0 Å². The van der Waals surface area contributed by atoms with Crippen LogP contribution in [0.15, 0.2) is 52.8 Å². The predicted molar refractivity (Wildman–Crippen MR) is 116 cm³/mol. The van der Waals surface area contributed by atoms with Gasteiger partial charge in [0.1, 0.15) is 0 Å². The molecule has 154 valence electrons. The summed E-state index contributed by atoms with van der Waals surface area (Å²) in [6, 6.07) is 7.89. The number of methoxy groups -OCH3 is 1. The van der Waals surface area contributed by atoms with Crippen molar-refractivity contribution in [3.8, 4) is 0 Å². The van der Waals surface area contributed by atoms with Gasteiger partial charge in [-0.2, -0.15) is 0 Å². The molecule has 0 radical (unpaired) electrons. The van der Waals surface area contributed by atoms with Crippen LogP contribution in [-0.2, 0) is 14.3 Å². The molecule has 1 heterocycles. The van der Waals surface area contributed by atoms with E-state index in [-0.39, 0.29) is 5.91 Å². The minimum atomic E-state index is -0.466. The Kier molecular flexibility index (Phi) is 6.57. The third kappa shape index (κ3) is 4.61. The molecule has 2 aliphatic rings. The lowest BCUT2D eigenvalue weighted by Gasteiger charge is -2.20. The van der Waals surface area contributed by atoms with E-state index in [1.54, 1.807) is 11.0 Å². The molecule has 29 heavy (non-hydrogen) atoms. The molecule has 0 N–H and O–H groups in total. The third-order valence-corrected chi connectivity index (χ3v) is 5.66. The van der Waals surface area contributed by atoms with Crippen molar-refractivity contribution in [3.05, 3.63) is 58.3 Å². The van der Waals surface area contributed by atoms with Gasteiger partial charge in [-0.1, -0.05) is 23.8 Å². The average molecular weight is 395 g/mol. The fourth-order valence-electron chi connectivity index (χ4n) is 3.92. The van der Waals surface area contributed by atoms with Gasteiger partial charge in [-0.05, 0) is 62.8 Å². The highest BCUT2D eigenvalue weighted by Crippen LogP contribution is 2.33. The number of benzene rings is 1. The maximum absolute atomic E-state index is 13.2. The zero-order valence-corrected chi connectivity index (χ0v) is 17.8. The van der Waals surface area contributed by atoms with E-state index in [0.29, 0.717) is 23.4 Å². The molecule has 1 amide bonds. The van der Waals surface area contributed by atoms with Gasteiger partial charge in [-0.15, -0.1) is 0 Å². The Hall–Kier alpha value is -2.82. The van der Waals surface area contributed by atoms with Crippen molar-refractivity contribution in [2.24, 2.45) is 0 Å². The Morgan fingerprint density at radius 3 is 2.52 bits per heavy atom. The van der Waals surface area contributed by atoms with Crippen LogP contribution in [0, 0.1) is 0 Å². The smallest absolute Gasteiger partial charge is 0.340 e. The second kappa shape index (κ2) is 9.12. The largest absolute Gasteiger partial charge is 0.465 e. The number of nitrogens with zero attached hydrogens (tertiary/aromatic N) is 2. The summed E-state index contributed by atoms with van der Waals surface area (Å²) in [4.78, 5) is 29.4. The van der Waals surface area contributed by atoms with E-state index in [1.165, 1.54) is 25.5 Å². The van der Waals surface area contributed by atoms with E-state index in [2.05, 4.69) is 6.08 Å². The molecule has 3 rings (SSSR count). The van der Waals surface area contributed by atoms with Crippen molar-refractivity contribution >= 4 is 23.6 Å². The van der Waals surface area contributed by atoms with Crippen LogP contribution >= 0.6 is 0 Å². The van der Waals surface area contributed by atoms with Gasteiger partial charge in [0.25, 0.3) is 5.91 Å². The van der Waals surface area contributed by atoms with Gasteiger partial charge >= 0.3 is 5.97 Å². The van der Waals surface area contributed by atoms with Gasteiger partial charge < -0.3 is 14.5 Å². The molecule has 0 saturated carbocycles. The van der Waals surface area contributed by atoms with E-state index in [9.17, 15) is 9.59 Å². The number of carbonyl (C=O) groups is 2. The van der Waals surface area contributed by atoms with Crippen LogP contribution in [0.5, 0.6) is 0 Å². The Labute approximate surface area is 173 Å². The fraction of sp³-hybridized carbons (Fsp3) is 0.417. The van der Waals surface area contributed by atoms with Crippen molar-refractivity contribution < 1.29 is 14.3 Å². The summed E-state index contributed by atoms with van der Waals surface area (Å²) >= 11 is 0. The first-order valence-corrected chi connectivity index (χ1v) is 10.2. The van der Waals surface area contributed by atoms with Crippen LogP contribution in [0.4, 0.5) is 5.69 Å². The third-order valence-electron chi connectivity index (χ3n) is 5.66. The molecular formula is C24H30N2O3. The molecule has 0 bridgehead atoms. The highest BCUT2D eigenvalue weighted by molar-refractivity contribution is 6.16. The minimum absolute atomic E-state index is 0.129. The molecule has 0 fully saturated rings. The number of amides is 1. The zero-order chi connectivity index (χ0) is 21.0. The molecule has 1 aliphatic carbocycles. The maximum atomic E-state index is 13.2. The van der Waals surface area contributed by atoms with Crippen LogP contribution in [0.25, 0.3) is 6.08 Å². The molecule has 0 atom stereocenters. The SMILES string of the molecule is COC(=O)C1=C(C)N(CCC2=CCCCC2)C(=O)C1=Cc1ccc(N(C)C)cc1. The lowest BCUT2D eigenvalue weighted by molar-refractivity contribution is -0.136. The van der Waals surface area contributed by atoms with E-state index in [0.717, 1.165) is 30.5 Å². The summed E-state index contributed by atoms with van der Waals surface area (Å²) in [6.45, 7) is 2.42. The molecule has 1 aromatic rings. The van der Waals surface area contributed by atoms with Gasteiger partial charge in [0.05, 0.1) is 18.3 Å². The first-order valence-electron chi connectivity index (χ1n) is 10.2. The predicted octanol–water partition coefficient (Wildman–Crippen LogP) is 4.32. The second-order valence-electron chi connectivity index (χ2n) is 7.81. The van der Waals surface area contributed by atoms with E-state index in [1.807, 2.05) is 50.2 Å². The number of hydrogen-bond donors (Lipinski definition) is 0. The van der Waals surface area contributed by atoms with Crippen molar-refractivity contribution in [1.82, 2.24) is 4.90 Å². The first kappa shape index (κ1) is 20.9. The Morgan fingerprint density at radius 1 is 1.21 bits per heavy atom. The van der Waals surface area contributed by atoms with Gasteiger partial charge in [-0.3, -0.25) is 4.79 Å². The van der Waals surface area contributed by atoms with Crippen LogP contribution in [-0.4, -0.2) is 44.5 Å². The van der Waals surface area contributed by atoms with Gasteiger partial charge in [0.2, 0.25) is 0 Å². The normalized spacial score (nSPS) is 18.3. The van der Waals surface area contributed by atoms with E-state index in [4.69, 9.17) is 4.74 Å². The Morgan fingerprint density at radius 2 is 1.93 bits per heavy atom. The standard InChI is InChI=1S/C24H30N2O3/c1-17-22(24(28)29-4)21(16-19-10-12-20(13-11-19)25(2)3)23(27)26(17)15-14-18-8-6-5-7-9-18/h8,10-13,16H,5-7,9,14-15H2,1-4H3. The summed E-state index contributed by atoms with van der Waals surface area (Å²) in [5.41, 5.74) is 4.82. The fourth-order valence-corrected chi connectivity index (χ4v) is 3.92. The lowest BCUT2D eigenvalue weighted by atomic mass is 9.97. The number of esters is 1. The van der Waals surface area contributed by atoms with Crippen LogP contribution in [0.2, 0.25) is 0 Å². The van der Waals surface area contributed by atoms with Crippen LogP contribution in [0.3, 0.4) is 0 Å². The Bertz CT molecular complexity index is 876. The van der Waals surface area contributed by atoms with Gasteiger partial charge in [0, 0.05) is 32.0 Å². The van der Waals surface area contributed by atoms with Crippen LogP contribution < -0.4 is 4.90 Å². The number of carbonyl (C=O) groups excluding carboxylic acids is 2. The summed E-state index contributed by atoms with van der Waals surface area (Å²) in [7, 11) is 5.32. The second-order valence-corrected chi connectivity index (χ2v) is 7.81. The number of ether oxygens (including phenoxy) is 1. The molecule has 0 saturated heterocycles. The van der Waals surface area contributed by atoms with Gasteiger partial charge in [-0.25, -0.2) is 4.79 Å². The molecular weight excluding hydrogens is 364 g/mol. The quantitative estimate of drug-likeness (QED) is 0.410. The number of hydrogen-bond acceptors (Lipinski definition) is 4. The number of anilines is 1. The molecule has 0 spiro atoms. The molecule has 5 nitrogen and oxygen atoms in total. The highest BCUT2D eigenvalue weighted by Gasteiger charge is 2.36. The highest BCUT2D eigenvalue weighted by atomic mass is 16.5. The maximum Gasteiger partial charge on any atom is 0.340 e. The lowest BCUT2D eigenvalue weighted by Crippen LogP contribution is -2.26. The number of allylic oxidation sites excluding steroid dienone is 2. The zero-order valence-electron chi connectivity index (χ0n) is 17.8. The summed E-state index contributed by atoms with van der Waals surface area (Å²) in [5, 5.41) is 0. The summed E-state index contributed by atoms with van der Waals surface area (Å²) < 4.78 is 4.98. The molecule has 1 aliphatic heterocycles. The van der Waals surface area contributed by atoms with Crippen molar-refractivity contribution in [3.63, 3.8) is 0 Å². The van der Waals surface area contributed by atoms with E-state index < -0.39 is 5.97 Å². The minimum Gasteiger partial charge on any atom is -0.465 e. The van der Waals surface area contributed by atoms with Gasteiger partial charge in [0.15, 0.2) is 0 Å². The molecule has 0 aromatic heterocycles. The first-order chi connectivity index (χ1) is 13.9. The monoisotopic (exact) mass is 394 g/mol. The summed E-state index contributed by atoms with van der Waals surface area (Å²) in [5.74, 6) is -0.595. The summed E-state index contributed by atoms with van der Waals surface area (Å²) in [6.07, 6.45) is 9.63. The van der Waals surface area contributed by atoms with Crippen molar-refractivity contribution in [2.75, 3.05) is 32.6 Å². The molecule has 1 aromatic carbocycles. The molecule has 0 unspecified atom stereocenters. The average Bonchev–Trinajstić information content (AvgIpc) is 2.96. The van der Waals surface area contributed by atoms with Crippen molar-refractivity contribution in [1.29, 1.82) is 0 Å². The van der Waals surface area contributed by atoms with Crippen LogP contribution in [0.1, 0.15) is 44.6 Å².